The van der Waals surface area contributed by atoms with Crippen LogP contribution >= 0.6 is 15.9 Å². The zero-order valence-corrected chi connectivity index (χ0v) is 9.49. The maximum absolute atomic E-state index is 13.5. The van der Waals surface area contributed by atoms with Gasteiger partial charge in [0, 0.05) is 0 Å². The molecular weight excluding hydrogens is 273 g/mol. The van der Waals surface area contributed by atoms with Crippen LogP contribution in [0.15, 0.2) is 25.9 Å². The molecule has 1 aromatic rings. The van der Waals surface area contributed by atoms with Crippen LogP contribution in [0.5, 0.6) is 0 Å². The number of halogens is 2. The zero-order chi connectivity index (χ0) is 10.5. The lowest BCUT2D eigenvalue weighted by Crippen LogP contribution is -1.98. The van der Waals surface area contributed by atoms with Gasteiger partial charge in [-0.2, -0.15) is 12.8 Å². The van der Waals surface area contributed by atoms with Crippen LogP contribution in [-0.4, -0.2) is 14.1 Å². The van der Waals surface area contributed by atoms with Gasteiger partial charge in [0.1, 0.15) is 10.7 Å². The molecule has 0 saturated heterocycles. The molecule has 1 aromatic carbocycles. The summed E-state index contributed by atoms with van der Waals surface area (Å²) in [6, 6.07) is 2.71. The van der Waals surface area contributed by atoms with Crippen molar-refractivity contribution in [3.05, 3.63) is 28.0 Å². The molecule has 3 nitrogen and oxygen atoms in total. The van der Waals surface area contributed by atoms with E-state index in [2.05, 4.69) is 20.3 Å². The smallest absolute Gasteiger partial charge is 0.205 e. The summed E-state index contributed by atoms with van der Waals surface area (Å²) in [4.78, 5) is -0.0595. The van der Waals surface area contributed by atoms with E-state index in [1.807, 2.05) is 0 Å². The summed E-state index contributed by atoms with van der Waals surface area (Å²) in [6.45, 7) is 1.47. The van der Waals surface area contributed by atoms with E-state index >= 15 is 0 Å². The SMILES string of the molecule is CC1=NS(=O)(=O)c2ccc(Br)c(F)c21. The minimum absolute atomic E-state index is 0.0595. The molecule has 0 saturated carbocycles. The second-order valence-corrected chi connectivity index (χ2v) is 5.31. The van der Waals surface area contributed by atoms with Gasteiger partial charge in [0.05, 0.1) is 15.7 Å². The molecule has 14 heavy (non-hydrogen) atoms. The first-order valence-corrected chi connectivity index (χ1v) is 5.97. The second kappa shape index (κ2) is 2.87. The van der Waals surface area contributed by atoms with Crippen molar-refractivity contribution in [2.45, 2.75) is 11.8 Å². The van der Waals surface area contributed by atoms with Crippen molar-refractivity contribution in [3.63, 3.8) is 0 Å². The Morgan fingerprint density at radius 2 is 2.07 bits per heavy atom. The average Bonchev–Trinajstić information content (AvgIpc) is 2.29. The molecule has 1 aliphatic rings. The summed E-state index contributed by atoms with van der Waals surface area (Å²) in [5, 5.41) is 0. The quantitative estimate of drug-likeness (QED) is 0.729. The number of benzene rings is 1. The Balaban J connectivity index is 2.91. The number of nitrogens with zero attached hydrogens (tertiary/aromatic N) is 1. The van der Waals surface area contributed by atoms with Gasteiger partial charge >= 0.3 is 0 Å². The lowest BCUT2D eigenvalue weighted by atomic mass is 10.1. The second-order valence-electron chi connectivity index (χ2n) is 2.89. The number of rotatable bonds is 0. The van der Waals surface area contributed by atoms with Crippen molar-refractivity contribution >= 4 is 31.7 Å². The molecule has 1 heterocycles. The maximum atomic E-state index is 13.5. The fourth-order valence-electron chi connectivity index (χ4n) is 1.36. The Morgan fingerprint density at radius 1 is 1.43 bits per heavy atom. The molecule has 0 amide bonds. The third-order valence-corrected chi connectivity index (χ3v) is 3.98. The summed E-state index contributed by atoms with van der Waals surface area (Å²) in [5.41, 5.74) is 0.262. The van der Waals surface area contributed by atoms with Gasteiger partial charge in [-0.1, -0.05) is 0 Å². The molecule has 0 spiro atoms. The normalized spacial score (nSPS) is 17.8. The largest absolute Gasteiger partial charge is 0.283 e. The van der Waals surface area contributed by atoms with E-state index in [1.54, 1.807) is 0 Å². The Hall–Kier alpha value is -0.750. The van der Waals surface area contributed by atoms with Gasteiger partial charge in [-0.25, -0.2) is 4.39 Å². The number of sulfonamides is 1. The molecule has 6 heteroatoms. The molecule has 0 unspecified atom stereocenters. The van der Waals surface area contributed by atoms with Crippen LogP contribution in [0.3, 0.4) is 0 Å². The van der Waals surface area contributed by atoms with Crippen LogP contribution in [0.1, 0.15) is 12.5 Å². The number of fused-ring (bicyclic) bond motifs is 1. The lowest BCUT2D eigenvalue weighted by Gasteiger charge is -2.01. The molecule has 0 atom stereocenters. The first-order valence-electron chi connectivity index (χ1n) is 3.73. The summed E-state index contributed by atoms with van der Waals surface area (Å²) >= 11 is 2.99. The summed E-state index contributed by atoms with van der Waals surface area (Å²) in [6.07, 6.45) is 0. The monoisotopic (exact) mass is 277 g/mol. The van der Waals surface area contributed by atoms with E-state index in [0.717, 1.165) is 0 Å². The third kappa shape index (κ3) is 1.21. The highest BCUT2D eigenvalue weighted by Crippen LogP contribution is 2.31. The standard InChI is InChI=1S/C8H5BrFNO2S/c1-4-7-6(14(12,13)11-4)3-2-5(9)8(7)10/h2-3H,1H3. The van der Waals surface area contributed by atoms with Crippen LogP contribution in [0.2, 0.25) is 0 Å². The van der Waals surface area contributed by atoms with Gasteiger partial charge in [0.15, 0.2) is 0 Å². The fourth-order valence-corrected chi connectivity index (χ4v) is 2.98. The molecular formula is C8H5BrFNO2S. The molecule has 0 fully saturated rings. The molecule has 0 aromatic heterocycles. The van der Waals surface area contributed by atoms with Gasteiger partial charge in [0.2, 0.25) is 0 Å². The van der Waals surface area contributed by atoms with E-state index in [4.69, 9.17) is 0 Å². The highest BCUT2D eigenvalue weighted by Gasteiger charge is 2.30. The van der Waals surface area contributed by atoms with Gasteiger partial charge in [0.25, 0.3) is 10.0 Å². The lowest BCUT2D eigenvalue weighted by molar-refractivity contribution is 0.593. The van der Waals surface area contributed by atoms with Gasteiger partial charge in [-0.05, 0) is 35.0 Å². The molecule has 1 aliphatic heterocycles. The van der Waals surface area contributed by atoms with Crippen molar-refractivity contribution in [2.24, 2.45) is 4.40 Å². The Kier molecular flexibility index (Phi) is 2.01. The summed E-state index contributed by atoms with van der Waals surface area (Å²) in [5.74, 6) is -0.579. The Labute approximate surface area is 88.8 Å². The average molecular weight is 278 g/mol. The van der Waals surface area contributed by atoms with Crippen molar-refractivity contribution in [2.75, 3.05) is 0 Å². The first-order chi connectivity index (χ1) is 6.43. The summed E-state index contributed by atoms with van der Waals surface area (Å²) < 4.78 is 39.9. The van der Waals surface area contributed by atoms with E-state index in [9.17, 15) is 12.8 Å². The van der Waals surface area contributed by atoms with Crippen molar-refractivity contribution < 1.29 is 12.8 Å². The summed E-state index contributed by atoms with van der Waals surface area (Å²) in [7, 11) is -3.67. The minimum atomic E-state index is -3.67. The maximum Gasteiger partial charge on any atom is 0.283 e. The fraction of sp³-hybridized carbons (Fsp3) is 0.125. The van der Waals surface area contributed by atoms with Gasteiger partial charge in [-0.3, -0.25) is 0 Å². The highest BCUT2D eigenvalue weighted by molar-refractivity contribution is 9.10. The molecule has 0 bridgehead atoms. The molecule has 2 rings (SSSR count). The highest BCUT2D eigenvalue weighted by atomic mass is 79.9. The van der Waals surface area contributed by atoms with Crippen molar-refractivity contribution in [1.29, 1.82) is 0 Å². The van der Waals surface area contributed by atoms with Crippen LogP contribution in [0.4, 0.5) is 4.39 Å². The third-order valence-electron chi connectivity index (χ3n) is 1.95. The minimum Gasteiger partial charge on any atom is -0.205 e. The van der Waals surface area contributed by atoms with Crippen LogP contribution in [0.25, 0.3) is 0 Å². The first kappa shape index (κ1) is 9.79. The van der Waals surface area contributed by atoms with Crippen LogP contribution < -0.4 is 0 Å². The van der Waals surface area contributed by atoms with Gasteiger partial charge in [-0.15, -0.1) is 0 Å². The van der Waals surface area contributed by atoms with E-state index in [1.165, 1.54) is 19.1 Å². The molecule has 0 radical (unpaired) electrons. The van der Waals surface area contributed by atoms with Crippen LogP contribution in [-0.2, 0) is 10.0 Å². The number of hydrogen-bond donors (Lipinski definition) is 0. The van der Waals surface area contributed by atoms with Crippen LogP contribution in [0, 0.1) is 5.82 Å². The Morgan fingerprint density at radius 3 is 2.71 bits per heavy atom. The molecule has 74 valence electrons. The van der Waals surface area contributed by atoms with Crippen molar-refractivity contribution in [3.8, 4) is 0 Å². The van der Waals surface area contributed by atoms with E-state index in [0.29, 0.717) is 0 Å². The topological polar surface area (TPSA) is 46.5 Å². The molecule has 0 N–H and O–H groups in total. The van der Waals surface area contributed by atoms with Gasteiger partial charge < -0.3 is 0 Å². The molecule has 0 aliphatic carbocycles. The predicted molar refractivity (Wildman–Crippen MR) is 53.5 cm³/mol. The van der Waals surface area contributed by atoms with E-state index < -0.39 is 15.8 Å². The van der Waals surface area contributed by atoms with Crippen molar-refractivity contribution in [1.82, 2.24) is 0 Å². The number of hydrogen-bond acceptors (Lipinski definition) is 2. The Bertz CT molecular complexity index is 551. The van der Waals surface area contributed by atoms with E-state index in [-0.39, 0.29) is 20.6 Å². The predicted octanol–water partition coefficient (Wildman–Crippen LogP) is 2.10. The zero-order valence-electron chi connectivity index (χ0n) is 7.08.